The van der Waals surface area contributed by atoms with E-state index in [4.69, 9.17) is 4.98 Å². The molecule has 0 bridgehead atoms. The van der Waals surface area contributed by atoms with E-state index in [-0.39, 0.29) is 16.8 Å². The molecule has 1 aromatic heterocycles. The van der Waals surface area contributed by atoms with Crippen molar-refractivity contribution in [3.63, 3.8) is 0 Å². The molecule has 0 atom stereocenters. The summed E-state index contributed by atoms with van der Waals surface area (Å²) in [6.07, 6.45) is 1.99. The highest BCUT2D eigenvalue weighted by molar-refractivity contribution is 6.05. The second-order valence-electron chi connectivity index (χ2n) is 6.64. The maximum absolute atomic E-state index is 12.8. The summed E-state index contributed by atoms with van der Waals surface area (Å²) in [5.41, 5.74) is 1.87. The Balaban J connectivity index is 2.48. The molecule has 2 heterocycles. The van der Waals surface area contributed by atoms with Crippen LogP contribution < -0.4 is 5.56 Å². The topological polar surface area (TPSA) is 52.0 Å². The van der Waals surface area contributed by atoms with E-state index in [1.165, 1.54) is 6.92 Å². The van der Waals surface area contributed by atoms with Gasteiger partial charge in [-0.25, -0.2) is 4.98 Å². The van der Waals surface area contributed by atoms with Gasteiger partial charge in [0.15, 0.2) is 5.78 Å². The molecular formula is C17H20N2O2. The van der Waals surface area contributed by atoms with Crippen LogP contribution in [0.2, 0.25) is 0 Å². The highest BCUT2D eigenvalue weighted by Crippen LogP contribution is 2.32. The van der Waals surface area contributed by atoms with Gasteiger partial charge in [0.25, 0.3) is 5.56 Å². The van der Waals surface area contributed by atoms with E-state index in [1.807, 2.05) is 19.1 Å². The van der Waals surface area contributed by atoms with Crippen molar-refractivity contribution in [3.05, 3.63) is 39.4 Å². The second kappa shape index (κ2) is 4.52. The minimum absolute atomic E-state index is 0.0195. The zero-order chi connectivity index (χ0) is 15.4. The average Bonchev–Trinajstić information content (AvgIpc) is 2.39. The molecule has 0 fully saturated rings. The lowest BCUT2D eigenvalue weighted by molar-refractivity contribution is 0.101. The summed E-state index contributed by atoms with van der Waals surface area (Å²) >= 11 is 0. The van der Waals surface area contributed by atoms with Crippen molar-refractivity contribution >= 4 is 16.7 Å². The molecule has 0 aliphatic carbocycles. The highest BCUT2D eigenvalue weighted by Gasteiger charge is 2.31. The van der Waals surface area contributed by atoms with Crippen LogP contribution in [0.5, 0.6) is 0 Å². The van der Waals surface area contributed by atoms with Crippen LogP contribution in [-0.2, 0) is 12.0 Å². The van der Waals surface area contributed by atoms with Crippen LogP contribution in [0.3, 0.4) is 0 Å². The van der Waals surface area contributed by atoms with Crippen molar-refractivity contribution in [2.45, 2.75) is 52.5 Å². The molecule has 0 spiro atoms. The summed E-state index contributed by atoms with van der Waals surface area (Å²) in [6.45, 7) is 8.36. The first-order chi connectivity index (χ1) is 9.81. The number of fused-ring (bicyclic) bond motifs is 2. The third-order valence-corrected chi connectivity index (χ3v) is 4.37. The number of rotatable bonds is 1. The highest BCUT2D eigenvalue weighted by atomic mass is 16.1. The summed E-state index contributed by atoms with van der Waals surface area (Å²) < 4.78 is 1.79. The molecule has 0 radical (unpaired) electrons. The van der Waals surface area contributed by atoms with Crippen molar-refractivity contribution in [1.29, 1.82) is 0 Å². The Morgan fingerprint density at radius 2 is 2.05 bits per heavy atom. The van der Waals surface area contributed by atoms with Crippen LogP contribution in [0.1, 0.15) is 55.4 Å². The number of nitrogens with zero attached hydrogens (tertiary/aromatic N) is 2. The summed E-state index contributed by atoms with van der Waals surface area (Å²) in [7, 11) is 0. The van der Waals surface area contributed by atoms with E-state index in [0.29, 0.717) is 23.0 Å². The number of Topliss-reactive ketones (excluding diaryl/α,β-unsaturated/α-hetero) is 1. The van der Waals surface area contributed by atoms with Crippen molar-refractivity contribution < 1.29 is 4.79 Å². The number of benzene rings is 1. The van der Waals surface area contributed by atoms with Crippen molar-refractivity contribution in [2.75, 3.05) is 0 Å². The maximum atomic E-state index is 12.8. The van der Waals surface area contributed by atoms with E-state index >= 15 is 0 Å². The smallest absolute Gasteiger partial charge is 0.261 e. The molecule has 3 rings (SSSR count). The summed E-state index contributed by atoms with van der Waals surface area (Å²) in [5, 5.41) is 0.557. The first kappa shape index (κ1) is 14.0. The van der Waals surface area contributed by atoms with Gasteiger partial charge < -0.3 is 0 Å². The largest absolute Gasteiger partial charge is 0.296 e. The molecule has 1 aliphatic rings. The third kappa shape index (κ3) is 2.09. The van der Waals surface area contributed by atoms with Crippen LogP contribution in [-0.4, -0.2) is 15.3 Å². The predicted molar refractivity (Wildman–Crippen MR) is 83.0 cm³/mol. The summed E-state index contributed by atoms with van der Waals surface area (Å²) in [6, 6.07) is 3.66. The molecule has 21 heavy (non-hydrogen) atoms. The van der Waals surface area contributed by atoms with Gasteiger partial charge in [-0.1, -0.05) is 13.8 Å². The predicted octanol–water partition coefficient (Wildman–Crippen LogP) is 2.98. The van der Waals surface area contributed by atoms with Crippen molar-refractivity contribution in [2.24, 2.45) is 0 Å². The standard InChI is InChI=1S/C17H20N2O2/c1-10-8-12(11(2)20)14-13(9-10)15(21)19-7-5-6-17(3,4)16(19)18-14/h8-9H,5-7H2,1-4H3. The fourth-order valence-corrected chi connectivity index (χ4v) is 3.25. The molecule has 0 N–H and O–H groups in total. The zero-order valence-corrected chi connectivity index (χ0v) is 13.0. The molecule has 0 amide bonds. The molecular weight excluding hydrogens is 264 g/mol. The van der Waals surface area contributed by atoms with Crippen LogP contribution in [0.15, 0.2) is 16.9 Å². The van der Waals surface area contributed by atoms with E-state index in [0.717, 1.165) is 24.2 Å². The first-order valence-corrected chi connectivity index (χ1v) is 7.38. The monoisotopic (exact) mass is 284 g/mol. The van der Waals surface area contributed by atoms with Crippen LogP contribution in [0.4, 0.5) is 0 Å². The van der Waals surface area contributed by atoms with Gasteiger partial charge in [-0.15, -0.1) is 0 Å². The summed E-state index contributed by atoms with van der Waals surface area (Å²) in [4.78, 5) is 29.4. The second-order valence-corrected chi connectivity index (χ2v) is 6.64. The normalized spacial score (nSPS) is 16.8. The molecule has 110 valence electrons. The van der Waals surface area contributed by atoms with E-state index in [2.05, 4.69) is 13.8 Å². The molecule has 4 heteroatoms. The number of carbonyl (C=O) groups excluding carboxylic acids is 1. The fourth-order valence-electron chi connectivity index (χ4n) is 3.25. The Kier molecular flexibility index (Phi) is 3.01. The molecule has 1 aliphatic heterocycles. The number of aromatic nitrogens is 2. The van der Waals surface area contributed by atoms with E-state index in [1.54, 1.807) is 4.57 Å². The molecule has 2 aromatic rings. The van der Waals surface area contributed by atoms with Gasteiger partial charge in [0.05, 0.1) is 10.9 Å². The van der Waals surface area contributed by atoms with Crippen LogP contribution in [0, 0.1) is 6.92 Å². The van der Waals surface area contributed by atoms with Crippen molar-refractivity contribution in [1.82, 2.24) is 9.55 Å². The number of ketones is 1. The number of carbonyl (C=O) groups is 1. The Hall–Kier alpha value is -1.97. The lowest BCUT2D eigenvalue weighted by atomic mass is 9.84. The number of aryl methyl sites for hydroxylation is 1. The molecule has 0 saturated carbocycles. The Morgan fingerprint density at radius 3 is 2.71 bits per heavy atom. The summed E-state index contributed by atoms with van der Waals surface area (Å²) in [5.74, 6) is 0.756. The van der Waals surface area contributed by atoms with E-state index in [9.17, 15) is 9.59 Å². The molecule has 0 saturated heterocycles. The van der Waals surface area contributed by atoms with Gasteiger partial charge in [-0.05, 0) is 44.4 Å². The SMILES string of the molecule is CC(=O)c1cc(C)cc2c(=O)n3c(nc12)C(C)(C)CCC3. The molecule has 4 nitrogen and oxygen atoms in total. The van der Waals surface area contributed by atoms with Crippen molar-refractivity contribution in [3.8, 4) is 0 Å². The van der Waals surface area contributed by atoms with E-state index < -0.39 is 0 Å². The minimum Gasteiger partial charge on any atom is -0.296 e. The van der Waals surface area contributed by atoms with Crippen LogP contribution >= 0.6 is 0 Å². The Morgan fingerprint density at radius 1 is 1.33 bits per heavy atom. The zero-order valence-electron chi connectivity index (χ0n) is 13.0. The minimum atomic E-state index is -0.134. The van der Waals surface area contributed by atoms with Gasteiger partial charge in [0.2, 0.25) is 0 Å². The van der Waals surface area contributed by atoms with Crippen LogP contribution in [0.25, 0.3) is 10.9 Å². The van der Waals surface area contributed by atoms with Gasteiger partial charge >= 0.3 is 0 Å². The van der Waals surface area contributed by atoms with Gasteiger partial charge in [-0.3, -0.25) is 14.2 Å². The van der Waals surface area contributed by atoms with Gasteiger partial charge in [0, 0.05) is 17.5 Å². The number of hydrogen-bond donors (Lipinski definition) is 0. The Bertz CT molecular complexity index is 816. The quantitative estimate of drug-likeness (QED) is 0.756. The Labute approximate surface area is 123 Å². The van der Waals surface area contributed by atoms with Gasteiger partial charge in [-0.2, -0.15) is 0 Å². The molecule has 0 unspecified atom stereocenters. The fraction of sp³-hybridized carbons (Fsp3) is 0.471. The average molecular weight is 284 g/mol. The van der Waals surface area contributed by atoms with Gasteiger partial charge in [0.1, 0.15) is 5.82 Å². The lowest BCUT2D eigenvalue weighted by Gasteiger charge is -2.32. The maximum Gasteiger partial charge on any atom is 0.261 e. The lowest BCUT2D eigenvalue weighted by Crippen LogP contribution is -2.37. The number of hydrogen-bond acceptors (Lipinski definition) is 3. The molecule has 1 aromatic carbocycles. The first-order valence-electron chi connectivity index (χ1n) is 7.38. The third-order valence-electron chi connectivity index (χ3n) is 4.37.